The van der Waals surface area contributed by atoms with Crippen LogP contribution in [0.5, 0.6) is 0 Å². The number of hydrogen-bond acceptors (Lipinski definition) is 4. The van der Waals surface area contributed by atoms with Crippen LogP contribution >= 0.6 is 0 Å². The molecule has 1 atom stereocenters. The maximum atomic E-state index is 12.7. The van der Waals surface area contributed by atoms with Crippen LogP contribution in [0.2, 0.25) is 0 Å². The van der Waals surface area contributed by atoms with Crippen LogP contribution in [-0.2, 0) is 9.59 Å². The van der Waals surface area contributed by atoms with Crippen molar-refractivity contribution >= 4 is 34.3 Å². The first kappa shape index (κ1) is 18.2. The minimum absolute atomic E-state index is 0.0244. The van der Waals surface area contributed by atoms with Gasteiger partial charge in [0, 0.05) is 31.3 Å². The molecular weight excluding hydrogens is 354 g/mol. The molecule has 0 saturated carbocycles. The lowest BCUT2D eigenvalue weighted by molar-refractivity contribution is -0.122. The van der Waals surface area contributed by atoms with Gasteiger partial charge in [0.2, 0.25) is 11.8 Å². The number of carbonyl (C=O) groups excluding carboxylic acids is 2. The van der Waals surface area contributed by atoms with Gasteiger partial charge in [0.25, 0.3) is 0 Å². The second-order valence-corrected chi connectivity index (χ2v) is 7.56. The van der Waals surface area contributed by atoms with E-state index in [1.807, 2.05) is 18.2 Å². The Labute approximate surface area is 163 Å². The van der Waals surface area contributed by atoms with Crippen LogP contribution < -0.4 is 10.2 Å². The molecule has 0 spiro atoms. The normalized spacial score (nSPS) is 16.9. The molecule has 2 amide bonds. The van der Waals surface area contributed by atoms with E-state index in [1.54, 1.807) is 30.0 Å². The molecule has 3 aromatic rings. The molecule has 1 aromatic heterocycles. The average molecular weight is 377 g/mol. The predicted octanol–water partition coefficient (Wildman–Crippen LogP) is 4.25. The summed E-state index contributed by atoms with van der Waals surface area (Å²) in [7, 11) is 0. The fourth-order valence-corrected chi connectivity index (χ4v) is 3.55. The summed E-state index contributed by atoms with van der Waals surface area (Å²) >= 11 is 0. The summed E-state index contributed by atoms with van der Waals surface area (Å²) in [6.07, 6.45) is 0.211. The summed E-state index contributed by atoms with van der Waals surface area (Å²) < 4.78 is 5.46. The quantitative estimate of drug-likeness (QED) is 0.737. The summed E-state index contributed by atoms with van der Waals surface area (Å²) in [6.45, 7) is 6.41. The molecule has 28 heavy (non-hydrogen) atoms. The molecule has 4 rings (SSSR count). The third kappa shape index (κ3) is 3.50. The number of nitrogens with zero attached hydrogens (tertiary/aromatic N) is 2. The van der Waals surface area contributed by atoms with Gasteiger partial charge < -0.3 is 14.6 Å². The van der Waals surface area contributed by atoms with Crippen LogP contribution in [0.3, 0.4) is 0 Å². The third-order valence-electron chi connectivity index (χ3n) is 5.11. The molecule has 0 radical (unpaired) electrons. The monoisotopic (exact) mass is 377 g/mol. The number of hydrogen-bond donors (Lipinski definition) is 1. The highest BCUT2D eigenvalue weighted by Gasteiger charge is 2.35. The van der Waals surface area contributed by atoms with Crippen LogP contribution in [0, 0.1) is 12.8 Å². The first-order chi connectivity index (χ1) is 13.4. The van der Waals surface area contributed by atoms with Crippen molar-refractivity contribution in [2.75, 3.05) is 16.8 Å². The topological polar surface area (TPSA) is 75.4 Å². The molecule has 1 aliphatic heterocycles. The van der Waals surface area contributed by atoms with Gasteiger partial charge >= 0.3 is 0 Å². The van der Waals surface area contributed by atoms with Crippen molar-refractivity contribution in [1.82, 2.24) is 4.98 Å². The molecule has 1 unspecified atom stereocenters. The summed E-state index contributed by atoms with van der Waals surface area (Å²) in [6, 6.07) is 13.3. The van der Waals surface area contributed by atoms with Gasteiger partial charge in [-0.3, -0.25) is 9.59 Å². The van der Waals surface area contributed by atoms with E-state index in [1.165, 1.54) is 5.56 Å². The van der Waals surface area contributed by atoms with Crippen molar-refractivity contribution in [2.45, 2.75) is 33.1 Å². The van der Waals surface area contributed by atoms with Gasteiger partial charge in [0.1, 0.15) is 5.52 Å². The Morgan fingerprint density at radius 3 is 2.86 bits per heavy atom. The van der Waals surface area contributed by atoms with Crippen molar-refractivity contribution in [3.63, 3.8) is 0 Å². The van der Waals surface area contributed by atoms with E-state index in [9.17, 15) is 9.59 Å². The fraction of sp³-hybridized carbons (Fsp3) is 0.318. The second-order valence-electron chi connectivity index (χ2n) is 7.56. The Hall–Kier alpha value is -3.15. The molecule has 6 nitrogen and oxygen atoms in total. The highest BCUT2D eigenvalue weighted by Crippen LogP contribution is 2.29. The highest BCUT2D eigenvalue weighted by molar-refractivity contribution is 6.03. The average Bonchev–Trinajstić information content (AvgIpc) is 3.23. The maximum Gasteiger partial charge on any atom is 0.229 e. The number of fused-ring (bicyclic) bond motifs is 1. The molecule has 1 saturated heterocycles. The zero-order valence-corrected chi connectivity index (χ0v) is 16.2. The largest absolute Gasteiger partial charge is 0.441 e. The fourth-order valence-electron chi connectivity index (χ4n) is 3.55. The minimum atomic E-state index is -0.384. The number of carbonyl (C=O) groups is 2. The number of anilines is 2. The SMILES string of the molecule is Cc1nc2cc(NC(=O)C3CC(=O)N(c4cccc(C(C)C)c4)C3)ccc2o1. The number of oxazole rings is 1. The summed E-state index contributed by atoms with van der Waals surface area (Å²) in [4.78, 5) is 31.2. The molecule has 1 fully saturated rings. The van der Waals surface area contributed by atoms with Gasteiger partial charge in [0.15, 0.2) is 11.5 Å². The first-order valence-electron chi connectivity index (χ1n) is 9.49. The molecule has 144 valence electrons. The second kappa shape index (κ2) is 7.11. The Morgan fingerprint density at radius 1 is 1.25 bits per heavy atom. The maximum absolute atomic E-state index is 12.7. The molecule has 0 aliphatic carbocycles. The van der Waals surface area contributed by atoms with E-state index < -0.39 is 0 Å². The minimum Gasteiger partial charge on any atom is -0.441 e. The summed E-state index contributed by atoms with van der Waals surface area (Å²) in [5, 5.41) is 2.91. The van der Waals surface area contributed by atoms with Gasteiger partial charge in [-0.05, 0) is 41.8 Å². The smallest absolute Gasteiger partial charge is 0.229 e. The van der Waals surface area contributed by atoms with E-state index in [4.69, 9.17) is 4.42 Å². The van der Waals surface area contributed by atoms with Crippen molar-refractivity contribution < 1.29 is 14.0 Å². The van der Waals surface area contributed by atoms with Gasteiger partial charge in [-0.2, -0.15) is 0 Å². The van der Waals surface area contributed by atoms with Crippen LogP contribution in [0.4, 0.5) is 11.4 Å². The van der Waals surface area contributed by atoms with Crippen molar-refractivity contribution in [2.24, 2.45) is 5.92 Å². The number of amides is 2. The molecule has 2 aromatic carbocycles. The van der Waals surface area contributed by atoms with E-state index >= 15 is 0 Å². The van der Waals surface area contributed by atoms with Gasteiger partial charge in [0.05, 0.1) is 5.92 Å². The lowest BCUT2D eigenvalue weighted by atomic mass is 10.0. The first-order valence-corrected chi connectivity index (χ1v) is 9.49. The van der Waals surface area contributed by atoms with E-state index in [2.05, 4.69) is 30.2 Å². The van der Waals surface area contributed by atoms with Crippen LogP contribution in [0.1, 0.15) is 37.6 Å². The Balaban J connectivity index is 1.48. The van der Waals surface area contributed by atoms with Crippen LogP contribution in [0.25, 0.3) is 11.1 Å². The number of rotatable bonds is 4. The van der Waals surface area contributed by atoms with Crippen LogP contribution in [0.15, 0.2) is 46.9 Å². The Bertz CT molecular complexity index is 1050. The predicted molar refractivity (Wildman–Crippen MR) is 108 cm³/mol. The number of nitrogens with one attached hydrogen (secondary N) is 1. The van der Waals surface area contributed by atoms with Gasteiger partial charge in [-0.15, -0.1) is 0 Å². The van der Waals surface area contributed by atoms with E-state index in [0.29, 0.717) is 35.1 Å². The zero-order chi connectivity index (χ0) is 19.8. The van der Waals surface area contributed by atoms with Gasteiger partial charge in [-0.25, -0.2) is 4.98 Å². The molecule has 2 heterocycles. The van der Waals surface area contributed by atoms with Crippen molar-refractivity contribution in [3.8, 4) is 0 Å². The van der Waals surface area contributed by atoms with E-state index in [0.717, 1.165) is 5.69 Å². The molecular formula is C22H23N3O3. The summed E-state index contributed by atoms with van der Waals surface area (Å²) in [5.41, 5.74) is 4.06. The summed E-state index contributed by atoms with van der Waals surface area (Å²) in [5.74, 6) is 0.398. The van der Waals surface area contributed by atoms with Crippen LogP contribution in [-0.4, -0.2) is 23.3 Å². The van der Waals surface area contributed by atoms with Crippen molar-refractivity contribution in [1.29, 1.82) is 0 Å². The number of aromatic nitrogens is 1. The molecule has 0 bridgehead atoms. The van der Waals surface area contributed by atoms with Crippen molar-refractivity contribution in [3.05, 3.63) is 53.9 Å². The third-order valence-corrected chi connectivity index (χ3v) is 5.11. The molecule has 1 aliphatic rings. The lowest BCUT2D eigenvalue weighted by Crippen LogP contribution is -2.28. The number of benzene rings is 2. The van der Waals surface area contributed by atoms with Gasteiger partial charge in [-0.1, -0.05) is 26.0 Å². The number of aryl methyl sites for hydroxylation is 1. The highest BCUT2D eigenvalue weighted by atomic mass is 16.3. The Morgan fingerprint density at radius 2 is 2.07 bits per heavy atom. The standard InChI is InChI=1S/C22H23N3O3/c1-13(2)15-5-4-6-18(9-15)25-12-16(10-21(25)26)22(27)24-17-7-8-20-19(11-17)23-14(3)28-20/h4-9,11,13,16H,10,12H2,1-3H3,(H,24,27). The Kier molecular flexibility index (Phi) is 4.63. The lowest BCUT2D eigenvalue weighted by Gasteiger charge is -2.18. The molecule has 1 N–H and O–H groups in total. The zero-order valence-electron chi connectivity index (χ0n) is 16.2. The molecule has 6 heteroatoms. The van der Waals surface area contributed by atoms with E-state index in [-0.39, 0.29) is 24.2 Å².